The SMILES string of the molecule is C=C(C)C(O)CCC1(C)C=CCC2(C)OC2CCC(C=O)=CC1. The number of allylic oxidation sites excluding steroid dienone is 3. The van der Waals surface area contributed by atoms with Crippen LogP contribution in [0.4, 0.5) is 0 Å². The Morgan fingerprint density at radius 1 is 1.52 bits per heavy atom. The van der Waals surface area contributed by atoms with Gasteiger partial charge in [-0.15, -0.1) is 0 Å². The summed E-state index contributed by atoms with van der Waals surface area (Å²) in [4.78, 5) is 11.3. The number of aldehydes is 1. The summed E-state index contributed by atoms with van der Waals surface area (Å²) in [7, 11) is 0. The van der Waals surface area contributed by atoms with Crippen LogP contribution in [0.1, 0.15) is 59.3 Å². The molecule has 3 heteroatoms. The van der Waals surface area contributed by atoms with Crippen molar-refractivity contribution in [3.05, 3.63) is 36.0 Å². The van der Waals surface area contributed by atoms with E-state index < -0.39 is 6.10 Å². The summed E-state index contributed by atoms with van der Waals surface area (Å²) in [5, 5.41) is 10.0. The van der Waals surface area contributed by atoms with Crippen LogP contribution in [-0.4, -0.2) is 29.2 Å². The number of epoxide rings is 1. The largest absolute Gasteiger partial charge is 0.389 e. The van der Waals surface area contributed by atoms with E-state index >= 15 is 0 Å². The molecule has 0 amide bonds. The van der Waals surface area contributed by atoms with E-state index in [0.717, 1.165) is 49.5 Å². The maximum Gasteiger partial charge on any atom is 0.145 e. The lowest BCUT2D eigenvalue weighted by molar-refractivity contribution is -0.105. The molecule has 1 aliphatic heterocycles. The highest BCUT2D eigenvalue weighted by atomic mass is 16.6. The van der Waals surface area contributed by atoms with Crippen molar-refractivity contribution in [2.45, 2.75) is 77.1 Å². The summed E-state index contributed by atoms with van der Waals surface area (Å²) in [5.41, 5.74) is 1.55. The van der Waals surface area contributed by atoms with Gasteiger partial charge in [-0.3, -0.25) is 4.79 Å². The number of rotatable bonds is 5. The molecule has 2 rings (SSSR count). The van der Waals surface area contributed by atoms with Gasteiger partial charge in [0.2, 0.25) is 0 Å². The summed E-state index contributed by atoms with van der Waals surface area (Å²) in [6, 6.07) is 0. The van der Waals surface area contributed by atoms with Crippen molar-refractivity contribution in [1.29, 1.82) is 0 Å². The minimum absolute atomic E-state index is 0.0597. The molecule has 23 heavy (non-hydrogen) atoms. The van der Waals surface area contributed by atoms with Gasteiger partial charge in [-0.25, -0.2) is 0 Å². The van der Waals surface area contributed by atoms with Gasteiger partial charge in [-0.05, 0) is 63.4 Å². The van der Waals surface area contributed by atoms with Gasteiger partial charge >= 0.3 is 0 Å². The van der Waals surface area contributed by atoms with Crippen LogP contribution in [-0.2, 0) is 9.53 Å². The third kappa shape index (κ3) is 4.89. The first-order valence-electron chi connectivity index (χ1n) is 8.61. The highest BCUT2D eigenvalue weighted by Crippen LogP contribution is 2.44. The summed E-state index contributed by atoms with van der Waals surface area (Å²) < 4.78 is 5.82. The molecular formula is C20H30O3. The van der Waals surface area contributed by atoms with Crippen LogP contribution < -0.4 is 0 Å². The molecule has 3 nitrogen and oxygen atoms in total. The molecule has 4 atom stereocenters. The maximum absolute atomic E-state index is 11.3. The Morgan fingerprint density at radius 2 is 2.26 bits per heavy atom. The van der Waals surface area contributed by atoms with Gasteiger partial charge in [0, 0.05) is 0 Å². The molecule has 0 aromatic heterocycles. The molecule has 1 saturated heterocycles. The third-order valence-electron chi connectivity index (χ3n) is 5.31. The van der Waals surface area contributed by atoms with Gasteiger partial charge in [-0.2, -0.15) is 0 Å². The van der Waals surface area contributed by atoms with Gasteiger partial charge in [-0.1, -0.05) is 37.3 Å². The first kappa shape index (κ1) is 18.2. The van der Waals surface area contributed by atoms with E-state index in [1.165, 1.54) is 0 Å². The molecule has 1 N–H and O–H groups in total. The minimum atomic E-state index is -0.457. The van der Waals surface area contributed by atoms with Crippen molar-refractivity contribution in [3.63, 3.8) is 0 Å². The Hall–Kier alpha value is -1.19. The van der Waals surface area contributed by atoms with Crippen molar-refractivity contribution < 1.29 is 14.6 Å². The topological polar surface area (TPSA) is 49.8 Å². The number of fused-ring (bicyclic) bond motifs is 1. The molecule has 1 aliphatic carbocycles. The van der Waals surface area contributed by atoms with Crippen molar-refractivity contribution >= 4 is 6.29 Å². The standard InChI is InChI=1S/C20H30O3/c1-15(2)17(22)9-13-19(3)10-5-11-20(4)18(23-20)7-6-16(14-21)8-12-19/h5,8,10,14,17-18,22H,1,6-7,9,11-13H2,2-4H3. The molecule has 128 valence electrons. The summed E-state index contributed by atoms with van der Waals surface area (Å²) in [6.07, 6.45) is 12.3. The van der Waals surface area contributed by atoms with Gasteiger partial charge < -0.3 is 9.84 Å². The Kier molecular flexibility index (Phi) is 5.64. The third-order valence-corrected chi connectivity index (χ3v) is 5.31. The Morgan fingerprint density at radius 3 is 2.91 bits per heavy atom. The molecule has 1 fully saturated rings. The first-order valence-corrected chi connectivity index (χ1v) is 8.61. The van der Waals surface area contributed by atoms with Crippen LogP contribution in [0.25, 0.3) is 0 Å². The van der Waals surface area contributed by atoms with Crippen molar-refractivity contribution in [3.8, 4) is 0 Å². The molecule has 4 unspecified atom stereocenters. The zero-order valence-electron chi connectivity index (χ0n) is 14.7. The highest BCUT2D eigenvalue weighted by molar-refractivity contribution is 5.73. The number of aliphatic hydroxyl groups excluding tert-OH is 1. The summed E-state index contributed by atoms with van der Waals surface area (Å²) in [5.74, 6) is 0. The number of hydrogen-bond donors (Lipinski definition) is 1. The molecule has 1 heterocycles. The number of aliphatic hydroxyl groups is 1. The van der Waals surface area contributed by atoms with Gasteiger partial charge in [0.25, 0.3) is 0 Å². The lowest BCUT2D eigenvalue weighted by atomic mass is 9.79. The van der Waals surface area contributed by atoms with E-state index in [-0.39, 0.29) is 17.1 Å². The second kappa shape index (κ2) is 7.14. The van der Waals surface area contributed by atoms with Gasteiger partial charge in [0.05, 0.1) is 17.8 Å². The van der Waals surface area contributed by atoms with Gasteiger partial charge in [0.1, 0.15) is 6.29 Å². The molecule has 0 aromatic rings. The van der Waals surface area contributed by atoms with Crippen molar-refractivity contribution in [2.75, 3.05) is 0 Å². The van der Waals surface area contributed by atoms with E-state index in [0.29, 0.717) is 6.42 Å². The van der Waals surface area contributed by atoms with Crippen LogP contribution >= 0.6 is 0 Å². The Bertz CT molecular complexity index is 519. The monoisotopic (exact) mass is 318 g/mol. The number of ether oxygens (including phenoxy) is 1. The molecule has 2 aliphatic rings. The lowest BCUT2D eigenvalue weighted by Gasteiger charge is -2.26. The maximum atomic E-state index is 11.3. The van der Waals surface area contributed by atoms with E-state index in [1.54, 1.807) is 0 Å². The molecule has 0 bridgehead atoms. The second-order valence-electron chi connectivity index (χ2n) is 7.72. The van der Waals surface area contributed by atoms with Crippen LogP contribution in [0.3, 0.4) is 0 Å². The highest BCUT2D eigenvalue weighted by Gasteiger charge is 2.50. The van der Waals surface area contributed by atoms with Gasteiger partial charge in [0.15, 0.2) is 0 Å². The number of carbonyl (C=O) groups excluding carboxylic acids is 1. The normalized spacial score (nSPS) is 35.5. The lowest BCUT2D eigenvalue weighted by Crippen LogP contribution is -2.18. The molecule has 0 saturated carbocycles. The number of carbonyl (C=O) groups is 1. The minimum Gasteiger partial charge on any atom is -0.389 e. The van der Waals surface area contributed by atoms with Crippen LogP contribution in [0.2, 0.25) is 0 Å². The fraction of sp³-hybridized carbons (Fsp3) is 0.650. The number of hydrogen-bond acceptors (Lipinski definition) is 3. The van der Waals surface area contributed by atoms with E-state index in [4.69, 9.17) is 4.74 Å². The van der Waals surface area contributed by atoms with Crippen molar-refractivity contribution in [2.24, 2.45) is 5.41 Å². The zero-order chi connectivity index (χ0) is 17.1. The van der Waals surface area contributed by atoms with E-state index in [9.17, 15) is 9.90 Å². The summed E-state index contributed by atoms with van der Waals surface area (Å²) >= 11 is 0. The molecule has 0 aromatic carbocycles. The predicted molar refractivity (Wildman–Crippen MR) is 93.2 cm³/mol. The first-order chi connectivity index (χ1) is 10.8. The fourth-order valence-corrected chi connectivity index (χ4v) is 3.25. The van der Waals surface area contributed by atoms with E-state index in [2.05, 4.69) is 38.7 Å². The molecular weight excluding hydrogens is 288 g/mol. The van der Waals surface area contributed by atoms with Crippen molar-refractivity contribution in [1.82, 2.24) is 0 Å². The fourth-order valence-electron chi connectivity index (χ4n) is 3.25. The zero-order valence-corrected chi connectivity index (χ0v) is 14.7. The van der Waals surface area contributed by atoms with Crippen LogP contribution in [0, 0.1) is 5.41 Å². The Labute approximate surface area is 140 Å². The molecule has 0 radical (unpaired) electrons. The van der Waals surface area contributed by atoms with Crippen LogP contribution in [0.5, 0.6) is 0 Å². The molecule has 0 spiro atoms. The van der Waals surface area contributed by atoms with E-state index in [1.807, 2.05) is 6.92 Å². The Balaban J connectivity index is 2.12. The summed E-state index contributed by atoms with van der Waals surface area (Å²) in [6.45, 7) is 10.0. The predicted octanol–water partition coefficient (Wildman–Crippen LogP) is 4.12. The quantitative estimate of drug-likeness (QED) is 0.471. The average Bonchev–Trinajstić information content (AvgIpc) is 3.14. The second-order valence-corrected chi connectivity index (χ2v) is 7.72. The average molecular weight is 318 g/mol. The van der Waals surface area contributed by atoms with Crippen LogP contribution in [0.15, 0.2) is 36.0 Å². The smallest absolute Gasteiger partial charge is 0.145 e.